The van der Waals surface area contributed by atoms with Crippen LogP contribution in [0.1, 0.15) is 49.7 Å². The Bertz CT molecular complexity index is 3140. The zero-order valence-corrected chi connectivity index (χ0v) is 37.1. The van der Waals surface area contributed by atoms with Crippen LogP contribution in [-0.2, 0) is 13.1 Å². The highest BCUT2D eigenvalue weighted by atomic mass is 19.3. The lowest BCUT2D eigenvalue weighted by molar-refractivity contribution is 0.0572. The van der Waals surface area contributed by atoms with E-state index in [1.807, 2.05) is 31.1 Å². The van der Waals surface area contributed by atoms with Crippen LogP contribution in [0.15, 0.2) is 85.7 Å². The van der Waals surface area contributed by atoms with Crippen molar-refractivity contribution in [3.63, 3.8) is 0 Å². The number of fused-ring (bicyclic) bond motifs is 2. The Hall–Kier alpha value is -7.44. The predicted octanol–water partition coefficient (Wildman–Crippen LogP) is 5.39. The van der Waals surface area contributed by atoms with Crippen LogP contribution in [0.2, 0.25) is 0 Å². The highest BCUT2D eigenvalue weighted by Gasteiger charge is 2.30. The number of ketones is 2. The van der Waals surface area contributed by atoms with E-state index in [-0.39, 0.29) is 23.2 Å². The molecule has 2 saturated heterocycles. The quantitative estimate of drug-likeness (QED) is 0.0534. The summed E-state index contributed by atoms with van der Waals surface area (Å²) in [5, 5.41) is 45.3. The van der Waals surface area contributed by atoms with Gasteiger partial charge in [-0.15, -0.1) is 0 Å². The predicted molar refractivity (Wildman–Crippen MR) is 245 cm³/mol. The minimum atomic E-state index is -3.09. The van der Waals surface area contributed by atoms with E-state index in [2.05, 4.69) is 55.6 Å². The van der Waals surface area contributed by atoms with Crippen molar-refractivity contribution in [3.05, 3.63) is 119 Å². The first-order valence-electron chi connectivity index (χ1n) is 21.8. The standard InChI is InChI=1S/C23H23F2N7O3.C23H23F2N7O2/c1-12-13(8-31-10-18(33)19(34)11-31)9-32(30-12)20-4-5-26-23(29-20)28-14-2-3-17-15(6-14)16(7-27-17)21(35)22(24)25;1-13-14(10-31-7-5-16(33)12-31)11-32(30-13)20-4-6-26-23(29-20)28-15-2-3-19-17(8-15)18(9-27-19)21(34)22(24)25/h2-7,9,18-19,22,27,33-34H,8,10-11H2,1H3,(H,26,28,29);2-4,6,8-9,11,16,22,27,33H,5,7,10,12H2,1H3,(H,26,28,29)/t18-,19-;/m0./s1. The van der Waals surface area contributed by atoms with Crippen LogP contribution in [0.3, 0.4) is 0 Å². The van der Waals surface area contributed by atoms with Crippen LogP contribution < -0.4 is 10.6 Å². The number of hydrogen-bond donors (Lipinski definition) is 7. The second-order valence-corrected chi connectivity index (χ2v) is 16.9. The molecule has 8 heterocycles. The van der Waals surface area contributed by atoms with Gasteiger partial charge in [-0.3, -0.25) is 19.4 Å². The topological polar surface area (TPSA) is 244 Å². The van der Waals surface area contributed by atoms with Crippen LogP contribution in [0.5, 0.6) is 0 Å². The van der Waals surface area contributed by atoms with Crippen LogP contribution >= 0.6 is 0 Å². The van der Waals surface area contributed by atoms with Crippen molar-refractivity contribution in [1.29, 1.82) is 0 Å². The highest BCUT2D eigenvalue weighted by Crippen LogP contribution is 2.28. The second kappa shape index (κ2) is 19.7. The normalized spacial score (nSPS) is 17.6. The number of aromatic nitrogens is 10. The summed E-state index contributed by atoms with van der Waals surface area (Å²) in [6.45, 7) is 7.34. The third-order valence-electron chi connectivity index (χ3n) is 11.9. The van der Waals surface area contributed by atoms with Crippen molar-refractivity contribution >= 4 is 56.6 Å². The summed E-state index contributed by atoms with van der Waals surface area (Å²) in [6, 6.07) is 13.5. The van der Waals surface area contributed by atoms with E-state index in [9.17, 15) is 42.5 Å². The minimum absolute atomic E-state index is 0.0617. The molecule has 2 aliphatic heterocycles. The molecule has 2 fully saturated rings. The maximum absolute atomic E-state index is 12.9. The molecule has 0 saturated carbocycles. The summed E-state index contributed by atoms with van der Waals surface area (Å²) in [5.41, 5.74) is 5.75. The summed E-state index contributed by atoms with van der Waals surface area (Å²) in [5.74, 6) is -0.838. The highest BCUT2D eigenvalue weighted by molar-refractivity contribution is 6.10. The van der Waals surface area contributed by atoms with Crippen molar-refractivity contribution in [2.24, 2.45) is 0 Å². The van der Waals surface area contributed by atoms with Gasteiger partial charge in [0.05, 0.1) is 29.7 Å². The molecular formula is C46H46F4N14O5. The number of carbonyl (C=O) groups excluding carboxylic acids is 2. The minimum Gasteiger partial charge on any atom is -0.392 e. The molecule has 358 valence electrons. The van der Waals surface area contributed by atoms with E-state index in [4.69, 9.17) is 0 Å². The molecule has 2 aromatic carbocycles. The van der Waals surface area contributed by atoms with Gasteiger partial charge in [0.2, 0.25) is 23.5 Å². The number of likely N-dealkylation sites (tertiary alicyclic amines) is 2. The molecule has 2 aliphatic rings. The van der Waals surface area contributed by atoms with Gasteiger partial charge in [-0.1, -0.05) is 0 Å². The maximum atomic E-state index is 12.9. The summed E-state index contributed by atoms with van der Waals surface area (Å²) in [4.78, 5) is 50.9. The number of β-amino-alcohol motifs (C(OH)–C–C–N with tert-alkyl or cyclic N) is 3. The Morgan fingerprint density at radius 2 is 1.14 bits per heavy atom. The summed E-state index contributed by atoms with van der Waals surface area (Å²) < 4.78 is 55.0. The fraction of sp³-hybridized carbons (Fsp3) is 0.304. The molecule has 1 unspecified atom stereocenters. The smallest absolute Gasteiger partial charge is 0.300 e. The molecule has 10 rings (SSSR count). The average Bonchev–Trinajstić information content (AvgIpc) is 4.21. The lowest BCUT2D eigenvalue weighted by Crippen LogP contribution is -2.22. The van der Waals surface area contributed by atoms with Crippen molar-refractivity contribution in [2.45, 2.75) is 64.5 Å². The summed E-state index contributed by atoms with van der Waals surface area (Å²) in [6.07, 6.45) is 2.32. The Morgan fingerprint density at radius 1 is 0.681 bits per heavy atom. The molecule has 7 N–H and O–H groups in total. The van der Waals surface area contributed by atoms with Gasteiger partial charge in [-0.05, 0) is 56.7 Å². The second-order valence-electron chi connectivity index (χ2n) is 16.9. The number of aliphatic hydroxyl groups excluding tert-OH is 3. The first-order chi connectivity index (χ1) is 33.1. The Balaban J connectivity index is 0.000000172. The van der Waals surface area contributed by atoms with Gasteiger partial charge in [0.15, 0.2) is 11.6 Å². The zero-order valence-electron chi connectivity index (χ0n) is 37.1. The molecule has 0 spiro atoms. The van der Waals surface area contributed by atoms with Crippen LogP contribution in [-0.4, -0.2) is 143 Å². The average molecular weight is 951 g/mol. The molecule has 0 aliphatic carbocycles. The zero-order chi connectivity index (χ0) is 48.5. The molecule has 69 heavy (non-hydrogen) atoms. The Morgan fingerprint density at radius 3 is 1.58 bits per heavy atom. The lowest BCUT2D eigenvalue weighted by atomic mass is 10.1. The van der Waals surface area contributed by atoms with Crippen LogP contribution in [0.25, 0.3) is 33.4 Å². The number of aryl methyl sites for hydroxylation is 2. The largest absolute Gasteiger partial charge is 0.392 e. The van der Waals surface area contributed by atoms with E-state index >= 15 is 0 Å². The van der Waals surface area contributed by atoms with Gasteiger partial charge in [0, 0.05) is 144 Å². The lowest BCUT2D eigenvalue weighted by Gasteiger charge is -2.13. The molecule has 3 atom stereocenters. The number of hydrogen-bond acceptors (Lipinski definition) is 15. The van der Waals surface area contributed by atoms with E-state index in [1.54, 1.807) is 70.3 Å². The fourth-order valence-electron chi connectivity index (χ4n) is 8.32. The first-order valence-corrected chi connectivity index (χ1v) is 21.8. The molecule has 23 heteroatoms. The van der Waals surface area contributed by atoms with Gasteiger partial charge >= 0.3 is 12.9 Å². The molecular weight excluding hydrogens is 905 g/mol. The van der Waals surface area contributed by atoms with E-state index < -0.39 is 36.6 Å². The summed E-state index contributed by atoms with van der Waals surface area (Å²) >= 11 is 0. The van der Waals surface area contributed by atoms with E-state index in [0.29, 0.717) is 83.5 Å². The van der Waals surface area contributed by atoms with Gasteiger partial charge in [-0.25, -0.2) is 36.9 Å². The maximum Gasteiger partial charge on any atom is 0.300 e. The number of nitrogens with one attached hydrogen (secondary N) is 4. The Labute approximate surface area is 389 Å². The van der Waals surface area contributed by atoms with Gasteiger partial charge in [0.1, 0.15) is 0 Å². The number of carbonyl (C=O) groups is 2. The molecule has 0 bridgehead atoms. The van der Waals surface area contributed by atoms with Crippen molar-refractivity contribution in [3.8, 4) is 11.6 Å². The number of aliphatic hydroxyl groups is 3. The SMILES string of the molecule is Cc1nn(-c2ccnc(Nc3ccc4[nH]cc(C(=O)C(F)F)c4c3)n2)cc1CN1CCC(O)C1.Cc1nn(-c2ccnc(Nc3ccc4[nH]cc(C(=O)C(F)F)c4c3)n2)cc1CN1C[C@H](O)[C@@H](O)C1. The fourth-order valence-corrected chi connectivity index (χ4v) is 8.32. The van der Waals surface area contributed by atoms with Crippen molar-refractivity contribution in [1.82, 2.24) is 59.3 Å². The molecule has 6 aromatic heterocycles. The van der Waals surface area contributed by atoms with Crippen LogP contribution in [0.4, 0.5) is 40.8 Å². The van der Waals surface area contributed by atoms with Gasteiger partial charge in [0.25, 0.3) is 0 Å². The number of aromatic amines is 2. The molecule has 19 nitrogen and oxygen atoms in total. The number of Topliss-reactive ketones (excluding diaryl/α,β-unsaturated/α-hetero) is 2. The third kappa shape index (κ3) is 10.4. The third-order valence-corrected chi connectivity index (χ3v) is 11.9. The van der Waals surface area contributed by atoms with Crippen molar-refractivity contribution < 1.29 is 42.5 Å². The molecule has 8 aromatic rings. The number of rotatable bonds is 14. The number of benzene rings is 2. The monoisotopic (exact) mass is 950 g/mol. The number of H-pyrrole nitrogens is 2. The van der Waals surface area contributed by atoms with Gasteiger partial charge in [-0.2, -0.15) is 20.2 Å². The first kappa shape index (κ1) is 46.7. The number of anilines is 4. The Kier molecular flexibility index (Phi) is 13.3. The van der Waals surface area contributed by atoms with Gasteiger partial charge < -0.3 is 35.9 Å². The van der Waals surface area contributed by atoms with Crippen LogP contribution in [0, 0.1) is 13.8 Å². The molecule has 0 amide bonds. The van der Waals surface area contributed by atoms with E-state index in [1.165, 1.54) is 12.4 Å². The number of alkyl halides is 4. The number of halogens is 4. The molecule has 0 radical (unpaired) electrons. The van der Waals surface area contributed by atoms with E-state index in [0.717, 1.165) is 35.5 Å². The number of nitrogens with zero attached hydrogens (tertiary/aromatic N) is 10. The van der Waals surface area contributed by atoms with Crippen molar-refractivity contribution in [2.75, 3.05) is 36.8 Å². The summed E-state index contributed by atoms with van der Waals surface area (Å²) in [7, 11) is 0.